The van der Waals surface area contributed by atoms with Crippen LogP contribution in [0.15, 0.2) is 40.8 Å². The standard InChI is InChI=1S/C13H10ClN3O/c1-15-11-7-6-10-13(17-11)18-12(16-10)8-2-4-9(14)5-3-8/h2-7H,1H3,(H,15,17). The predicted octanol–water partition coefficient (Wildman–Crippen LogP) is 3.58. The minimum absolute atomic E-state index is 0.520. The molecular weight excluding hydrogens is 250 g/mol. The van der Waals surface area contributed by atoms with Crippen molar-refractivity contribution >= 4 is 28.6 Å². The van der Waals surface area contributed by atoms with Crippen LogP contribution in [0.2, 0.25) is 5.02 Å². The van der Waals surface area contributed by atoms with Crippen LogP contribution in [-0.2, 0) is 0 Å². The Bertz CT molecular complexity index is 691. The average molecular weight is 260 g/mol. The average Bonchev–Trinajstić information content (AvgIpc) is 2.82. The summed E-state index contributed by atoms with van der Waals surface area (Å²) in [6.07, 6.45) is 0. The van der Waals surface area contributed by atoms with Crippen molar-refractivity contribution in [1.29, 1.82) is 0 Å². The van der Waals surface area contributed by atoms with Crippen molar-refractivity contribution in [2.24, 2.45) is 0 Å². The summed E-state index contributed by atoms with van der Waals surface area (Å²) < 4.78 is 5.63. The van der Waals surface area contributed by atoms with Crippen LogP contribution in [0.1, 0.15) is 0 Å². The third-order valence-corrected chi connectivity index (χ3v) is 2.85. The number of pyridine rings is 1. The Hall–Kier alpha value is -2.07. The topological polar surface area (TPSA) is 51.0 Å². The normalized spacial score (nSPS) is 10.8. The first-order valence-corrected chi connectivity index (χ1v) is 5.85. The first-order chi connectivity index (χ1) is 8.76. The number of aromatic nitrogens is 2. The number of benzene rings is 1. The maximum atomic E-state index is 5.85. The highest BCUT2D eigenvalue weighted by Crippen LogP contribution is 2.25. The van der Waals surface area contributed by atoms with E-state index in [0.717, 1.165) is 16.9 Å². The van der Waals surface area contributed by atoms with E-state index >= 15 is 0 Å². The number of fused-ring (bicyclic) bond motifs is 1. The zero-order chi connectivity index (χ0) is 12.5. The van der Waals surface area contributed by atoms with Gasteiger partial charge in [-0.2, -0.15) is 4.98 Å². The number of halogens is 1. The fourth-order valence-corrected chi connectivity index (χ4v) is 1.80. The molecule has 0 radical (unpaired) electrons. The minimum Gasteiger partial charge on any atom is -0.418 e. The molecule has 0 saturated heterocycles. The third kappa shape index (κ3) is 1.91. The van der Waals surface area contributed by atoms with E-state index in [-0.39, 0.29) is 0 Å². The summed E-state index contributed by atoms with van der Waals surface area (Å²) in [5, 5.41) is 3.64. The maximum absolute atomic E-state index is 5.85. The summed E-state index contributed by atoms with van der Waals surface area (Å²) in [5.41, 5.74) is 2.13. The second-order valence-electron chi connectivity index (χ2n) is 3.80. The molecule has 0 aliphatic carbocycles. The Kier molecular flexibility index (Phi) is 2.64. The zero-order valence-corrected chi connectivity index (χ0v) is 10.4. The van der Waals surface area contributed by atoms with E-state index in [1.54, 1.807) is 12.1 Å². The van der Waals surface area contributed by atoms with Gasteiger partial charge >= 0.3 is 0 Å². The van der Waals surface area contributed by atoms with Crippen molar-refractivity contribution in [2.45, 2.75) is 0 Å². The molecule has 90 valence electrons. The van der Waals surface area contributed by atoms with Crippen molar-refractivity contribution in [2.75, 3.05) is 12.4 Å². The molecule has 0 spiro atoms. The SMILES string of the molecule is CNc1ccc2nc(-c3ccc(Cl)cc3)oc2n1. The first kappa shape index (κ1) is 11.0. The molecule has 0 fully saturated rings. The molecule has 2 heterocycles. The van der Waals surface area contributed by atoms with Crippen LogP contribution in [0.3, 0.4) is 0 Å². The van der Waals surface area contributed by atoms with Gasteiger partial charge in [0, 0.05) is 17.6 Å². The number of oxazole rings is 1. The summed E-state index contributed by atoms with van der Waals surface area (Å²) in [7, 11) is 1.81. The molecule has 0 aliphatic rings. The molecule has 3 aromatic rings. The molecule has 0 saturated carbocycles. The summed E-state index contributed by atoms with van der Waals surface area (Å²) in [4.78, 5) is 8.68. The van der Waals surface area contributed by atoms with E-state index in [4.69, 9.17) is 16.0 Å². The lowest BCUT2D eigenvalue weighted by Crippen LogP contribution is -1.90. The van der Waals surface area contributed by atoms with Gasteiger partial charge in [0.25, 0.3) is 0 Å². The molecule has 0 amide bonds. The smallest absolute Gasteiger partial charge is 0.249 e. The first-order valence-electron chi connectivity index (χ1n) is 5.47. The lowest BCUT2D eigenvalue weighted by atomic mass is 10.2. The van der Waals surface area contributed by atoms with Crippen molar-refractivity contribution < 1.29 is 4.42 Å². The Morgan fingerprint density at radius 2 is 1.83 bits per heavy atom. The van der Waals surface area contributed by atoms with Crippen LogP contribution in [-0.4, -0.2) is 17.0 Å². The van der Waals surface area contributed by atoms with E-state index in [1.165, 1.54) is 0 Å². The van der Waals surface area contributed by atoms with Gasteiger partial charge in [0.2, 0.25) is 11.6 Å². The number of hydrogen-bond donors (Lipinski definition) is 1. The van der Waals surface area contributed by atoms with Gasteiger partial charge in [-0.1, -0.05) is 11.6 Å². The van der Waals surface area contributed by atoms with Gasteiger partial charge in [0.1, 0.15) is 11.3 Å². The van der Waals surface area contributed by atoms with Gasteiger partial charge in [-0.15, -0.1) is 0 Å². The van der Waals surface area contributed by atoms with Crippen molar-refractivity contribution in [1.82, 2.24) is 9.97 Å². The molecular formula is C13H10ClN3O. The minimum atomic E-state index is 0.520. The fraction of sp³-hybridized carbons (Fsp3) is 0.0769. The largest absolute Gasteiger partial charge is 0.418 e. The van der Waals surface area contributed by atoms with Gasteiger partial charge in [0.05, 0.1) is 0 Å². The van der Waals surface area contributed by atoms with E-state index in [1.807, 2.05) is 31.3 Å². The highest BCUT2D eigenvalue weighted by molar-refractivity contribution is 6.30. The van der Waals surface area contributed by atoms with Crippen molar-refractivity contribution in [3.8, 4) is 11.5 Å². The molecule has 0 atom stereocenters. The lowest BCUT2D eigenvalue weighted by Gasteiger charge is -1.95. The summed E-state index contributed by atoms with van der Waals surface area (Å²) >= 11 is 5.85. The van der Waals surface area contributed by atoms with Gasteiger partial charge in [0.15, 0.2) is 0 Å². The molecule has 2 aromatic heterocycles. The lowest BCUT2D eigenvalue weighted by molar-refractivity contribution is 0.608. The van der Waals surface area contributed by atoms with Crippen LogP contribution in [0.4, 0.5) is 5.82 Å². The van der Waals surface area contributed by atoms with E-state index in [0.29, 0.717) is 16.6 Å². The number of rotatable bonds is 2. The number of nitrogens with one attached hydrogen (secondary N) is 1. The van der Waals surface area contributed by atoms with Gasteiger partial charge in [-0.25, -0.2) is 4.98 Å². The Morgan fingerprint density at radius 3 is 2.56 bits per heavy atom. The molecule has 3 rings (SSSR count). The van der Waals surface area contributed by atoms with Crippen LogP contribution in [0.5, 0.6) is 0 Å². The van der Waals surface area contributed by atoms with Crippen LogP contribution in [0, 0.1) is 0 Å². The van der Waals surface area contributed by atoms with Crippen LogP contribution in [0.25, 0.3) is 22.7 Å². The summed E-state index contributed by atoms with van der Waals surface area (Å²) in [6, 6.07) is 11.1. The van der Waals surface area contributed by atoms with E-state index < -0.39 is 0 Å². The molecule has 5 heteroatoms. The number of anilines is 1. The Labute approximate surface area is 109 Å². The Balaban J connectivity index is 2.10. The molecule has 4 nitrogen and oxygen atoms in total. The molecule has 0 bridgehead atoms. The monoisotopic (exact) mass is 259 g/mol. The van der Waals surface area contributed by atoms with Crippen LogP contribution < -0.4 is 5.32 Å². The highest BCUT2D eigenvalue weighted by atomic mass is 35.5. The predicted molar refractivity (Wildman–Crippen MR) is 71.8 cm³/mol. The summed E-state index contributed by atoms with van der Waals surface area (Å²) in [5.74, 6) is 1.30. The van der Waals surface area contributed by atoms with E-state index in [2.05, 4.69) is 15.3 Å². The van der Waals surface area contributed by atoms with Crippen LogP contribution >= 0.6 is 11.6 Å². The maximum Gasteiger partial charge on any atom is 0.249 e. The number of nitrogens with zero attached hydrogens (tertiary/aromatic N) is 2. The second-order valence-corrected chi connectivity index (χ2v) is 4.23. The third-order valence-electron chi connectivity index (χ3n) is 2.60. The molecule has 0 unspecified atom stereocenters. The zero-order valence-electron chi connectivity index (χ0n) is 9.64. The molecule has 0 aliphatic heterocycles. The van der Waals surface area contributed by atoms with Crippen molar-refractivity contribution in [3.63, 3.8) is 0 Å². The molecule has 1 N–H and O–H groups in total. The molecule has 1 aromatic carbocycles. The van der Waals surface area contributed by atoms with Gasteiger partial charge in [-0.3, -0.25) is 0 Å². The Morgan fingerprint density at radius 1 is 1.06 bits per heavy atom. The number of hydrogen-bond acceptors (Lipinski definition) is 4. The molecule has 18 heavy (non-hydrogen) atoms. The second kappa shape index (κ2) is 4.31. The van der Waals surface area contributed by atoms with Gasteiger partial charge < -0.3 is 9.73 Å². The van der Waals surface area contributed by atoms with Crippen molar-refractivity contribution in [3.05, 3.63) is 41.4 Å². The summed E-state index contributed by atoms with van der Waals surface area (Å²) in [6.45, 7) is 0. The van der Waals surface area contributed by atoms with E-state index in [9.17, 15) is 0 Å². The fourth-order valence-electron chi connectivity index (χ4n) is 1.67. The quantitative estimate of drug-likeness (QED) is 0.764. The van der Waals surface area contributed by atoms with Gasteiger partial charge in [-0.05, 0) is 36.4 Å². The highest BCUT2D eigenvalue weighted by Gasteiger charge is 2.09.